The molecule has 0 amide bonds. The molecule has 3 aromatic rings. The van der Waals surface area contributed by atoms with Crippen LogP contribution in [0.2, 0.25) is 0 Å². The van der Waals surface area contributed by atoms with Gasteiger partial charge in [-0.3, -0.25) is 0 Å². The van der Waals surface area contributed by atoms with E-state index in [0.29, 0.717) is 11.3 Å². The summed E-state index contributed by atoms with van der Waals surface area (Å²) >= 11 is 0. The van der Waals surface area contributed by atoms with Crippen LogP contribution in [0.4, 0.5) is 0 Å². The summed E-state index contributed by atoms with van der Waals surface area (Å²) in [6.07, 6.45) is 4.62. The summed E-state index contributed by atoms with van der Waals surface area (Å²) < 4.78 is 5.11. The molecule has 4 nitrogen and oxygen atoms in total. The van der Waals surface area contributed by atoms with Crippen LogP contribution in [-0.2, 0) is 0 Å². The van der Waals surface area contributed by atoms with Crippen molar-refractivity contribution in [1.82, 2.24) is 0 Å². The molecule has 0 bridgehead atoms. The summed E-state index contributed by atoms with van der Waals surface area (Å²) in [6.45, 7) is 0. The molecule has 1 aromatic heterocycles. The number of aromatic hydroxyl groups is 1. The summed E-state index contributed by atoms with van der Waals surface area (Å²) in [7, 11) is 0. The first-order valence-corrected chi connectivity index (χ1v) is 6.15. The number of hydrogen-bond acceptors (Lipinski definition) is 4. The average Bonchev–Trinajstić information content (AvgIpc) is 2.98. The number of fused-ring (bicyclic) bond motifs is 1. The third kappa shape index (κ3) is 2.44. The van der Waals surface area contributed by atoms with Crippen LogP contribution < -0.4 is 0 Å². The second kappa shape index (κ2) is 5.40. The van der Waals surface area contributed by atoms with Gasteiger partial charge in [0.25, 0.3) is 0 Å². The number of benzene rings is 2. The van der Waals surface area contributed by atoms with Crippen molar-refractivity contribution in [2.75, 3.05) is 0 Å². The molecule has 0 fully saturated rings. The zero-order valence-corrected chi connectivity index (χ0v) is 10.6. The molecule has 98 valence electrons. The molecule has 1 heterocycles. The number of nitrogens with zero attached hydrogens (tertiary/aromatic N) is 2. The molecule has 0 unspecified atom stereocenters. The lowest BCUT2D eigenvalue weighted by Crippen LogP contribution is -1.85. The Hall–Kier alpha value is -2.88. The number of hydrogen-bond donors (Lipinski definition) is 1. The van der Waals surface area contributed by atoms with Crippen LogP contribution in [0, 0.1) is 0 Å². The molecule has 20 heavy (non-hydrogen) atoms. The lowest BCUT2D eigenvalue weighted by molar-refractivity contribution is 0.475. The van der Waals surface area contributed by atoms with E-state index in [4.69, 9.17) is 4.42 Å². The van der Waals surface area contributed by atoms with Crippen molar-refractivity contribution < 1.29 is 9.52 Å². The van der Waals surface area contributed by atoms with Crippen molar-refractivity contribution >= 4 is 23.2 Å². The predicted molar refractivity (Wildman–Crippen MR) is 79.5 cm³/mol. The fourth-order valence-corrected chi connectivity index (χ4v) is 1.97. The zero-order chi connectivity index (χ0) is 13.8. The normalized spacial score (nSPS) is 11.8. The standard InChI is InChI=1S/C16H12N2O2/c19-16-8-7-12-4-1-2-6-14(12)15(16)11-18-17-10-13-5-3-9-20-13/h1-11,19H. The molecule has 4 heteroatoms. The molecule has 0 radical (unpaired) electrons. The lowest BCUT2D eigenvalue weighted by atomic mass is 10.0. The highest BCUT2D eigenvalue weighted by atomic mass is 16.3. The summed E-state index contributed by atoms with van der Waals surface area (Å²) in [4.78, 5) is 0. The van der Waals surface area contributed by atoms with E-state index in [2.05, 4.69) is 10.2 Å². The predicted octanol–water partition coefficient (Wildman–Crippen LogP) is 3.59. The van der Waals surface area contributed by atoms with E-state index in [-0.39, 0.29) is 5.75 Å². The molecule has 3 rings (SSSR count). The van der Waals surface area contributed by atoms with Gasteiger partial charge in [-0.15, -0.1) is 0 Å². The maximum Gasteiger partial charge on any atom is 0.146 e. The number of furan rings is 1. The lowest BCUT2D eigenvalue weighted by Gasteiger charge is -2.03. The SMILES string of the molecule is Oc1ccc2ccccc2c1C=NN=Cc1ccco1. The highest BCUT2D eigenvalue weighted by Gasteiger charge is 2.03. The highest BCUT2D eigenvalue weighted by molar-refractivity contribution is 6.02. The monoisotopic (exact) mass is 264 g/mol. The van der Waals surface area contributed by atoms with Gasteiger partial charge in [0.05, 0.1) is 18.7 Å². The van der Waals surface area contributed by atoms with Gasteiger partial charge in [-0.05, 0) is 29.0 Å². The van der Waals surface area contributed by atoms with Crippen LogP contribution in [0.25, 0.3) is 10.8 Å². The van der Waals surface area contributed by atoms with Crippen LogP contribution in [0.5, 0.6) is 5.75 Å². The Bertz CT molecular complexity index is 774. The van der Waals surface area contributed by atoms with Gasteiger partial charge in [0.1, 0.15) is 11.5 Å². The second-order valence-electron chi connectivity index (χ2n) is 4.22. The van der Waals surface area contributed by atoms with Crippen molar-refractivity contribution in [3.8, 4) is 5.75 Å². The Labute approximate surface area is 115 Å². The highest BCUT2D eigenvalue weighted by Crippen LogP contribution is 2.25. The second-order valence-corrected chi connectivity index (χ2v) is 4.22. The number of rotatable bonds is 3. The van der Waals surface area contributed by atoms with Gasteiger partial charge in [0.15, 0.2) is 0 Å². The van der Waals surface area contributed by atoms with Gasteiger partial charge >= 0.3 is 0 Å². The molecular formula is C16H12N2O2. The van der Waals surface area contributed by atoms with Crippen LogP contribution in [0.1, 0.15) is 11.3 Å². The van der Waals surface area contributed by atoms with Crippen LogP contribution in [0.15, 0.2) is 69.4 Å². The molecule has 0 aliphatic rings. The molecule has 1 N–H and O–H groups in total. The Balaban J connectivity index is 1.92. The third-order valence-corrected chi connectivity index (χ3v) is 2.93. The minimum Gasteiger partial charge on any atom is -0.507 e. The van der Waals surface area contributed by atoms with Crippen LogP contribution in [-0.4, -0.2) is 17.5 Å². The Morgan fingerprint density at radius 1 is 0.900 bits per heavy atom. The third-order valence-electron chi connectivity index (χ3n) is 2.93. The molecule has 0 atom stereocenters. The van der Waals surface area contributed by atoms with Crippen LogP contribution in [0.3, 0.4) is 0 Å². The molecule has 2 aromatic carbocycles. The van der Waals surface area contributed by atoms with E-state index < -0.39 is 0 Å². The Morgan fingerprint density at radius 2 is 1.75 bits per heavy atom. The van der Waals surface area contributed by atoms with Gasteiger partial charge in [-0.1, -0.05) is 30.3 Å². The first kappa shape index (κ1) is 12.2. The maximum atomic E-state index is 9.93. The number of phenols is 1. The Kier molecular flexibility index (Phi) is 3.29. The van der Waals surface area contributed by atoms with E-state index in [1.165, 1.54) is 12.4 Å². The van der Waals surface area contributed by atoms with E-state index >= 15 is 0 Å². The van der Waals surface area contributed by atoms with Gasteiger partial charge in [0.2, 0.25) is 0 Å². The molecular weight excluding hydrogens is 252 g/mol. The molecule has 0 saturated carbocycles. The fraction of sp³-hybridized carbons (Fsp3) is 0. The van der Waals surface area contributed by atoms with E-state index in [0.717, 1.165) is 10.8 Å². The number of phenolic OH excluding ortho intramolecular Hbond substituents is 1. The van der Waals surface area contributed by atoms with Crippen molar-refractivity contribution in [2.24, 2.45) is 10.2 Å². The minimum atomic E-state index is 0.181. The molecule has 0 aliphatic carbocycles. The minimum absolute atomic E-state index is 0.181. The van der Waals surface area contributed by atoms with E-state index in [9.17, 15) is 5.11 Å². The molecule has 0 aliphatic heterocycles. The first-order chi connectivity index (χ1) is 9.84. The largest absolute Gasteiger partial charge is 0.507 e. The van der Waals surface area contributed by atoms with Gasteiger partial charge in [0, 0.05) is 5.56 Å². The van der Waals surface area contributed by atoms with E-state index in [1.807, 2.05) is 30.3 Å². The van der Waals surface area contributed by atoms with Crippen molar-refractivity contribution in [3.05, 3.63) is 66.1 Å². The fourth-order valence-electron chi connectivity index (χ4n) is 1.97. The molecule has 0 spiro atoms. The summed E-state index contributed by atoms with van der Waals surface area (Å²) in [5.74, 6) is 0.810. The van der Waals surface area contributed by atoms with Crippen molar-refractivity contribution in [2.45, 2.75) is 0 Å². The van der Waals surface area contributed by atoms with Crippen molar-refractivity contribution in [3.63, 3.8) is 0 Å². The van der Waals surface area contributed by atoms with Gasteiger partial charge in [-0.25, -0.2) is 0 Å². The summed E-state index contributed by atoms with van der Waals surface area (Å²) in [6, 6.07) is 14.9. The van der Waals surface area contributed by atoms with Crippen LogP contribution >= 0.6 is 0 Å². The topological polar surface area (TPSA) is 58.1 Å². The van der Waals surface area contributed by atoms with E-state index in [1.54, 1.807) is 24.5 Å². The first-order valence-electron chi connectivity index (χ1n) is 6.15. The smallest absolute Gasteiger partial charge is 0.146 e. The average molecular weight is 264 g/mol. The van der Waals surface area contributed by atoms with Gasteiger partial charge < -0.3 is 9.52 Å². The molecule has 0 saturated heterocycles. The summed E-state index contributed by atoms with van der Waals surface area (Å²) in [5.41, 5.74) is 0.652. The zero-order valence-electron chi connectivity index (χ0n) is 10.6. The van der Waals surface area contributed by atoms with Gasteiger partial charge in [-0.2, -0.15) is 10.2 Å². The maximum absolute atomic E-state index is 9.93. The van der Waals surface area contributed by atoms with Crippen molar-refractivity contribution in [1.29, 1.82) is 0 Å². The quantitative estimate of drug-likeness (QED) is 0.580. The Morgan fingerprint density at radius 3 is 2.60 bits per heavy atom. The summed E-state index contributed by atoms with van der Waals surface area (Å²) in [5, 5.41) is 19.8.